The van der Waals surface area contributed by atoms with Crippen molar-refractivity contribution in [3.63, 3.8) is 0 Å². The van der Waals surface area contributed by atoms with Crippen molar-refractivity contribution in [2.75, 3.05) is 19.6 Å². The molecule has 126 valence electrons. The van der Waals surface area contributed by atoms with E-state index >= 15 is 0 Å². The highest BCUT2D eigenvalue weighted by Crippen LogP contribution is 2.18. The first-order valence-corrected chi connectivity index (χ1v) is 8.65. The minimum absolute atomic E-state index is 0.0318. The standard InChI is InChI=1S/C19H28N2O2/c1-15(2)7-6-11-20-19(23)17-13-18(22)21(14-17)12-10-16-8-4-3-5-9-16/h3-5,8-9,15,17H,6-7,10-14H2,1-2H3,(H,20,23). The molecule has 2 amide bonds. The number of amides is 2. The second-order valence-corrected chi connectivity index (χ2v) is 6.80. The monoisotopic (exact) mass is 316 g/mol. The minimum atomic E-state index is -0.183. The lowest BCUT2D eigenvalue weighted by Crippen LogP contribution is -2.34. The summed E-state index contributed by atoms with van der Waals surface area (Å²) < 4.78 is 0. The Morgan fingerprint density at radius 3 is 2.74 bits per heavy atom. The summed E-state index contributed by atoms with van der Waals surface area (Å²) in [5.41, 5.74) is 1.22. The Bertz CT molecular complexity index is 513. The fourth-order valence-corrected chi connectivity index (χ4v) is 2.94. The molecule has 1 aromatic carbocycles. The van der Waals surface area contributed by atoms with E-state index < -0.39 is 0 Å². The first-order chi connectivity index (χ1) is 11.1. The van der Waals surface area contributed by atoms with E-state index in [1.54, 1.807) is 0 Å². The second kappa shape index (κ2) is 8.70. The number of rotatable bonds is 8. The molecule has 4 nitrogen and oxygen atoms in total. The number of nitrogens with one attached hydrogen (secondary N) is 1. The number of hydrogen-bond donors (Lipinski definition) is 1. The van der Waals surface area contributed by atoms with Crippen molar-refractivity contribution in [3.8, 4) is 0 Å². The molecule has 1 aliphatic rings. The van der Waals surface area contributed by atoms with Crippen molar-refractivity contribution < 1.29 is 9.59 Å². The summed E-state index contributed by atoms with van der Waals surface area (Å²) in [7, 11) is 0. The molecule has 1 N–H and O–H groups in total. The van der Waals surface area contributed by atoms with Crippen molar-refractivity contribution in [2.45, 2.75) is 39.5 Å². The lowest BCUT2D eigenvalue weighted by atomic mass is 10.1. The van der Waals surface area contributed by atoms with E-state index in [2.05, 4.69) is 31.3 Å². The van der Waals surface area contributed by atoms with E-state index in [-0.39, 0.29) is 17.7 Å². The van der Waals surface area contributed by atoms with E-state index in [9.17, 15) is 9.59 Å². The van der Waals surface area contributed by atoms with Gasteiger partial charge in [0.1, 0.15) is 0 Å². The van der Waals surface area contributed by atoms with Crippen LogP contribution in [0.1, 0.15) is 38.7 Å². The topological polar surface area (TPSA) is 49.4 Å². The van der Waals surface area contributed by atoms with Crippen LogP contribution in [0.5, 0.6) is 0 Å². The summed E-state index contributed by atoms with van der Waals surface area (Å²) in [5, 5.41) is 2.98. The summed E-state index contributed by atoms with van der Waals surface area (Å²) in [6.07, 6.45) is 3.31. The Labute approximate surface area is 139 Å². The van der Waals surface area contributed by atoms with Crippen molar-refractivity contribution in [1.82, 2.24) is 10.2 Å². The SMILES string of the molecule is CC(C)CCCNC(=O)C1CC(=O)N(CCc2ccccc2)C1. The first-order valence-electron chi connectivity index (χ1n) is 8.65. The maximum absolute atomic E-state index is 12.2. The molecule has 1 saturated heterocycles. The Morgan fingerprint density at radius 2 is 2.04 bits per heavy atom. The van der Waals surface area contributed by atoms with Gasteiger partial charge in [-0.1, -0.05) is 44.2 Å². The quantitative estimate of drug-likeness (QED) is 0.750. The van der Waals surface area contributed by atoms with Gasteiger partial charge < -0.3 is 10.2 Å². The number of hydrogen-bond acceptors (Lipinski definition) is 2. The molecule has 0 radical (unpaired) electrons. The lowest BCUT2D eigenvalue weighted by molar-refractivity contribution is -0.129. The molecule has 0 bridgehead atoms. The van der Waals surface area contributed by atoms with Gasteiger partial charge in [0.25, 0.3) is 0 Å². The maximum Gasteiger partial charge on any atom is 0.225 e. The molecule has 1 heterocycles. The summed E-state index contributed by atoms with van der Waals surface area (Å²) >= 11 is 0. The van der Waals surface area contributed by atoms with Gasteiger partial charge in [-0.25, -0.2) is 0 Å². The van der Waals surface area contributed by atoms with Crippen LogP contribution in [-0.4, -0.2) is 36.3 Å². The molecule has 0 aliphatic carbocycles. The number of carbonyl (C=O) groups excluding carboxylic acids is 2. The zero-order valence-corrected chi connectivity index (χ0v) is 14.3. The van der Waals surface area contributed by atoms with E-state index in [0.29, 0.717) is 32.0 Å². The fourth-order valence-electron chi connectivity index (χ4n) is 2.94. The van der Waals surface area contributed by atoms with Crippen LogP contribution in [-0.2, 0) is 16.0 Å². The molecule has 1 unspecified atom stereocenters. The largest absolute Gasteiger partial charge is 0.356 e. The predicted molar refractivity (Wildman–Crippen MR) is 91.9 cm³/mol. The Hall–Kier alpha value is -1.84. The molecule has 1 atom stereocenters. The van der Waals surface area contributed by atoms with Crippen molar-refractivity contribution >= 4 is 11.8 Å². The summed E-state index contributed by atoms with van der Waals surface area (Å²) in [5.74, 6) is 0.610. The summed E-state index contributed by atoms with van der Waals surface area (Å²) in [6, 6.07) is 10.1. The molecule has 1 fully saturated rings. The molecule has 4 heteroatoms. The van der Waals surface area contributed by atoms with Crippen LogP contribution >= 0.6 is 0 Å². The van der Waals surface area contributed by atoms with Crippen LogP contribution in [0.2, 0.25) is 0 Å². The van der Waals surface area contributed by atoms with Gasteiger partial charge in [-0.05, 0) is 30.7 Å². The van der Waals surface area contributed by atoms with Gasteiger partial charge >= 0.3 is 0 Å². The van der Waals surface area contributed by atoms with E-state index in [1.165, 1.54) is 5.56 Å². The summed E-state index contributed by atoms with van der Waals surface area (Å²) in [4.78, 5) is 26.1. The number of carbonyl (C=O) groups is 2. The van der Waals surface area contributed by atoms with E-state index in [0.717, 1.165) is 19.3 Å². The third kappa shape index (κ3) is 5.70. The van der Waals surface area contributed by atoms with E-state index in [4.69, 9.17) is 0 Å². The van der Waals surface area contributed by atoms with E-state index in [1.807, 2.05) is 23.1 Å². The van der Waals surface area contributed by atoms with Gasteiger partial charge in [0, 0.05) is 26.1 Å². The fraction of sp³-hybridized carbons (Fsp3) is 0.579. The Morgan fingerprint density at radius 1 is 1.30 bits per heavy atom. The highest BCUT2D eigenvalue weighted by atomic mass is 16.2. The molecule has 1 aliphatic heterocycles. The van der Waals surface area contributed by atoms with Crippen LogP contribution < -0.4 is 5.32 Å². The molecule has 0 saturated carbocycles. The third-order valence-corrected chi connectivity index (χ3v) is 4.36. The van der Waals surface area contributed by atoms with Crippen LogP contribution in [0.25, 0.3) is 0 Å². The first kappa shape index (κ1) is 17.5. The second-order valence-electron chi connectivity index (χ2n) is 6.80. The van der Waals surface area contributed by atoms with Gasteiger partial charge in [0.15, 0.2) is 0 Å². The van der Waals surface area contributed by atoms with Crippen LogP contribution in [0, 0.1) is 11.8 Å². The maximum atomic E-state index is 12.2. The van der Waals surface area contributed by atoms with Gasteiger partial charge in [0.2, 0.25) is 11.8 Å². The smallest absolute Gasteiger partial charge is 0.225 e. The lowest BCUT2D eigenvalue weighted by Gasteiger charge is -2.16. The minimum Gasteiger partial charge on any atom is -0.356 e. The molecular formula is C19H28N2O2. The van der Waals surface area contributed by atoms with Crippen molar-refractivity contribution in [1.29, 1.82) is 0 Å². The molecule has 0 spiro atoms. The van der Waals surface area contributed by atoms with Crippen LogP contribution in [0.3, 0.4) is 0 Å². The van der Waals surface area contributed by atoms with Crippen LogP contribution in [0.15, 0.2) is 30.3 Å². The van der Waals surface area contributed by atoms with Crippen molar-refractivity contribution in [2.24, 2.45) is 11.8 Å². The normalized spacial score (nSPS) is 17.8. The highest BCUT2D eigenvalue weighted by molar-refractivity contribution is 5.89. The molecule has 23 heavy (non-hydrogen) atoms. The zero-order chi connectivity index (χ0) is 16.7. The number of benzene rings is 1. The van der Waals surface area contributed by atoms with Gasteiger partial charge in [0.05, 0.1) is 5.92 Å². The average Bonchev–Trinajstić information content (AvgIpc) is 2.91. The van der Waals surface area contributed by atoms with Gasteiger partial charge in [-0.15, -0.1) is 0 Å². The molecule has 2 rings (SSSR count). The number of nitrogens with zero attached hydrogens (tertiary/aromatic N) is 1. The summed E-state index contributed by atoms with van der Waals surface area (Å²) in [6.45, 7) is 6.33. The van der Waals surface area contributed by atoms with Crippen LogP contribution in [0.4, 0.5) is 0 Å². The van der Waals surface area contributed by atoms with Gasteiger partial charge in [-0.3, -0.25) is 9.59 Å². The third-order valence-electron chi connectivity index (χ3n) is 4.36. The average molecular weight is 316 g/mol. The zero-order valence-electron chi connectivity index (χ0n) is 14.3. The Balaban J connectivity index is 1.72. The van der Waals surface area contributed by atoms with Crippen molar-refractivity contribution in [3.05, 3.63) is 35.9 Å². The number of likely N-dealkylation sites (tertiary alicyclic amines) is 1. The Kier molecular flexibility index (Phi) is 6.63. The highest BCUT2D eigenvalue weighted by Gasteiger charge is 2.33. The molecule has 0 aromatic heterocycles. The molecular weight excluding hydrogens is 288 g/mol. The molecule has 1 aromatic rings. The van der Waals surface area contributed by atoms with Gasteiger partial charge in [-0.2, -0.15) is 0 Å². The predicted octanol–water partition coefficient (Wildman–Crippen LogP) is 2.63.